The van der Waals surface area contributed by atoms with Gasteiger partial charge in [-0.05, 0) is 36.4 Å². The van der Waals surface area contributed by atoms with E-state index in [1.54, 1.807) is 24.3 Å². The molecule has 29 heavy (non-hydrogen) atoms. The van der Waals surface area contributed by atoms with Crippen LogP contribution in [0.15, 0.2) is 66.7 Å². The van der Waals surface area contributed by atoms with Crippen molar-refractivity contribution in [3.63, 3.8) is 0 Å². The molecule has 1 aliphatic heterocycles. The van der Waals surface area contributed by atoms with Gasteiger partial charge in [0.15, 0.2) is 12.4 Å². The predicted molar refractivity (Wildman–Crippen MR) is 113 cm³/mol. The van der Waals surface area contributed by atoms with E-state index in [2.05, 4.69) is 15.1 Å². The Hall–Kier alpha value is -3.12. The second kappa shape index (κ2) is 8.92. The molecule has 1 aliphatic rings. The van der Waals surface area contributed by atoms with Crippen molar-refractivity contribution in [3.05, 3.63) is 71.8 Å². The highest BCUT2D eigenvalue weighted by molar-refractivity contribution is 6.30. The average Bonchev–Trinajstić information content (AvgIpc) is 2.79. The molecule has 0 unspecified atom stereocenters. The van der Waals surface area contributed by atoms with Crippen molar-refractivity contribution in [2.75, 3.05) is 37.7 Å². The molecule has 6 nitrogen and oxygen atoms in total. The Morgan fingerprint density at radius 3 is 2.28 bits per heavy atom. The molecule has 0 aliphatic carbocycles. The quantitative estimate of drug-likeness (QED) is 0.646. The number of halogens is 1. The van der Waals surface area contributed by atoms with E-state index in [4.69, 9.17) is 16.3 Å². The van der Waals surface area contributed by atoms with Gasteiger partial charge in [-0.2, -0.15) is 0 Å². The van der Waals surface area contributed by atoms with Gasteiger partial charge in [-0.15, -0.1) is 10.2 Å². The zero-order valence-electron chi connectivity index (χ0n) is 15.9. The molecular formula is C22H21ClN4O2. The van der Waals surface area contributed by atoms with Crippen LogP contribution in [0.2, 0.25) is 5.02 Å². The first-order chi connectivity index (χ1) is 14.2. The van der Waals surface area contributed by atoms with Crippen LogP contribution in [0, 0.1) is 0 Å². The lowest BCUT2D eigenvalue weighted by atomic mass is 10.1. The molecule has 7 heteroatoms. The Morgan fingerprint density at radius 1 is 0.897 bits per heavy atom. The third-order valence-corrected chi connectivity index (χ3v) is 5.10. The zero-order valence-corrected chi connectivity index (χ0v) is 16.6. The van der Waals surface area contributed by atoms with Gasteiger partial charge in [0.1, 0.15) is 5.75 Å². The number of amides is 1. The Balaban J connectivity index is 1.28. The largest absolute Gasteiger partial charge is 0.484 e. The second-order valence-corrected chi connectivity index (χ2v) is 7.19. The summed E-state index contributed by atoms with van der Waals surface area (Å²) in [5.41, 5.74) is 1.89. The predicted octanol–water partition coefficient (Wildman–Crippen LogP) is 3.52. The number of carbonyl (C=O) groups excluding carboxylic acids is 1. The summed E-state index contributed by atoms with van der Waals surface area (Å²) in [5, 5.41) is 9.35. The van der Waals surface area contributed by atoms with Crippen LogP contribution >= 0.6 is 11.6 Å². The Morgan fingerprint density at radius 2 is 1.62 bits per heavy atom. The number of hydrogen-bond acceptors (Lipinski definition) is 5. The summed E-state index contributed by atoms with van der Waals surface area (Å²) in [6.07, 6.45) is 0. The normalized spacial score (nSPS) is 14.0. The summed E-state index contributed by atoms with van der Waals surface area (Å²) in [4.78, 5) is 16.4. The van der Waals surface area contributed by atoms with Gasteiger partial charge in [0.25, 0.3) is 5.91 Å². The topological polar surface area (TPSA) is 58.6 Å². The van der Waals surface area contributed by atoms with Crippen LogP contribution in [0.4, 0.5) is 5.82 Å². The number of rotatable bonds is 5. The Kier molecular flexibility index (Phi) is 5.91. The van der Waals surface area contributed by atoms with Crippen LogP contribution in [0.25, 0.3) is 11.3 Å². The number of aromatic nitrogens is 2. The highest BCUT2D eigenvalue weighted by Crippen LogP contribution is 2.19. The molecule has 4 rings (SSSR count). The van der Waals surface area contributed by atoms with Gasteiger partial charge in [0.05, 0.1) is 5.69 Å². The molecule has 0 spiro atoms. The van der Waals surface area contributed by atoms with Crippen LogP contribution in [0.5, 0.6) is 5.75 Å². The molecule has 1 aromatic heterocycles. The second-order valence-electron chi connectivity index (χ2n) is 6.75. The van der Waals surface area contributed by atoms with Gasteiger partial charge in [-0.1, -0.05) is 41.9 Å². The Labute approximate surface area is 174 Å². The summed E-state index contributed by atoms with van der Waals surface area (Å²) in [6, 6.07) is 20.9. The molecule has 0 atom stereocenters. The van der Waals surface area contributed by atoms with Gasteiger partial charge in [-0.25, -0.2) is 0 Å². The number of carbonyl (C=O) groups is 1. The summed E-state index contributed by atoms with van der Waals surface area (Å²) < 4.78 is 5.56. The maximum atomic E-state index is 12.4. The van der Waals surface area contributed by atoms with Crippen LogP contribution in [0.1, 0.15) is 0 Å². The van der Waals surface area contributed by atoms with E-state index in [1.165, 1.54) is 0 Å². The van der Waals surface area contributed by atoms with Crippen LogP contribution < -0.4 is 9.64 Å². The molecular weight excluding hydrogens is 388 g/mol. The maximum absolute atomic E-state index is 12.4. The lowest BCUT2D eigenvalue weighted by Crippen LogP contribution is -2.50. The molecule has 0 N–H and O–H groups in total. The number of ether oxygens (including phenoxy) is 1. The van der Waals surface area contributed by atoms with Crippen molar-refractivity contribution in [2.45, 2.75) is 0 Å². The molecule has 0 bridgehead atoms. The fraction of sp³-hybridized carbons (Fsp3) is 0.227. The lowest BCUT2D eigenvalue weighted by Gasteiger charge is -2.35. The van der Waals surface area contributed by atoms with Crippen LogP contribution in [-0.4, -0.2) is 53.8 Å². The van der Waals surface area contributed by atoms with Gasteiger partial charge in [-0.3, -0.25) is 4.79 Å². The minimum Gasteiger partial charge on any atom is -0.484 e. The SMILES string of the molecule is O=C(COc1ccc(Cl)cc1)N1CCN(c2ccc(-c3ccccc3)nn2)CC1. The summed E-state index contributed by atoms with van der Waals surface area (Å²) in [7, 11) is 0. The van der Waals surface area contributed by atoms with Crippen molar-refractivity contribution in [1.82, 2.24) is 15.1 Å². The highest BCUT2D eigenvalue weighted by Gasteiger charge is 2.22. The van der Waals surface area contributed by atoms with Gasteiger partial charge in [0.2, 0.25) is 0 Å². The van der Waals surface area contributed by atoms with E-state index < -0.39 is 0 Å². The first-order valence-electron chi connectivity index (χ1n) is 9.49. The molecule has 0 saturated carbocycles. The average molecular weight is 409 g/mol. The molecule has 2 aromatic carbocycles. The van der Waals surface area contributed by atoms with Gasteiger partial charge < -0.3 is 14.5 Å². The molecule has 1 saturated heterocycles. The number of anilines is 1. The first-order valence-corrected chi connectivity index (χ1v) is 9.87. The van der Waals surface area contributed by atoms with E-state index in [9.17, 15) is 4.79 Å². The first kappa shape index (κ1) is 19.2. The molecule has 1 amide bonds. The summed E-state index contributed by atoms with van der Waals surface area (Å²) >= 11 is 5.86. The zero-order chi connectivity index (χ0) is 20.1. The third kappa shape index (κ3) is 4.84. The fourth-order valence-electron chi connectivity index (χ4n) is 3.21. The number of piperazine rings is 1. The van der Waals surface area contributed by atoms with Crippen molar-refractivity contribution < 1.29 is 9.53 Å². The van der Waals surface area contributed by atoms with Crippen molar-refractivity contribution in [2.24, 2.45) is 0 Å². The fourth-order valence-corrected chi connectivity index (χ4v) is 3.33. The maximum Gasteiger partial charge on any atom is 0.260 e. The van der Waals surface area contributed by atoms with Gasteiger partial charge >= 0.3 is 0 Å². The van der Waals surface area contributed by atoms with E-state index >= 15 is 0 Å². The number of benzene rings is 2. The Bertz CT molecular complexity index is 941. The van der Waals surface area contributed by atoms with Crippen LogP contribution in [0.3, 0.4) is 0 Å². The molecule has 3 aromatic rings. The molecule has 0 radical (unpaired) electrons. The van der Waals surface area contributed by atoms with Crippen molar-refractivity contribution in [3.8, 4) is 17.0 Å². The van der Waals surface area contributed by atoms with Crippen LogP contribution in [-0.2, 0) is 4.79 Å². The molecule has 2 heterocycles. The van der Waals surface area contributed by atoms with E-state index in [1.807, 2.05) is 47.4 Å². The number of hydrogen-bond donors (Lipinski definition) is 0. The standard InChI is InChI=1S/C22H21ClN4O2/c23-18-6-8-19(9-7-18)29-16-22(28)27-14-12-26(13-15-27)21-11-10-20(24-25-21)17-4-2-1-3-5-17/h1-11H,12-16H2. The summed E-state index contributed by atoms with van der Waals surface area (Å²) in [6.45, 7) is 2.71. The van der Waals surface area contributed by atoms with Crippen molar-refractivity contribution >= 4 is 23.3 Å². The minimum atomic E-state index is -0.0230. The molecule has 1 fully saturated rings. The highest BCUT2D eigenvalue weighted by atomic mass is 35.5. The lowest BCUT2D eigenvalue weighted by molar-refractivity contribution is -0.133. The monoisotopic (exact) mass is 408 g/mol. The van der Waals surface area contributed by atoms with E-state index in [0.717, 1.165) is 17.1 Å². The molecule has 148 valence electrons. The third-order valence-electron chi connectivity index (χ3n) is 4.85. The number of nitrogens with zero attached hydrogens (tertiary/aromatic N) is 4. The van der Waals surface area contributed by atoms with E-state index in [0.29, 0.717) is 37.0 Å². The smallest absolute Gasteiger partial charge is 0.260 e. The van der Waals surface area contributed by atoms with Crippen molar-refractivity contribution in [1.29, 1.82) is 0 Å². The van der Waals surface area contributed by atoms with Gasteiger partial charge in [0, 0.05) is 36.8 Å². The van der Waals surface area contributed by atoms with E-state index in [-0.39, 0.29) is 12.5 Å². The summed E-state index contributed by atoms with van der Waals surface area (Å²) in [5.74, 6) is 1.44. The minimum absolute atomic E-state index is 0.0210.